The van der Waals surface area contributed by atoms with Crippen molar-refractivity contribution >= 4 is 22.5 Å². The van der Waals surface area contributed by atoms with E-state index in [1.807, 2.05) is 4.90 Å². The molecule has 29 heavy (non-hydrogen) atoms. The van der Waals surface area contributed by atoms with E-state index in [1.165, 1.54) is 0 Å². The Morgan fingerprint density at radius 3 is 2.86 bits per heavy atom. The Morgan fingerprint density at radius 1 is 1.31 bits per heavy atom. The number of amides is 1. The summed E-state index contributed by atoms with van der Waals surface area (Å²) >= 11 is 0. The van der Waals surface area contributed by atoms with Gasteiger partial charge in [0.05, 0.1) is 11.6 Å². The van der Waals surface area contributed by atoms with Crippen LogP contribution in [-0.2, 0) is 16.1 Å². The third kappa shape index (κ3) is 4.40. The van der Waals surface area contributed by atoms with Crippen molar-refractivity contribution in [2.45, 2.75) is 59.6 Å². The van der Waals surface area contributed by atoms with Gasteiger partial charge in [0, 0.05) is 37.1 Å². The smallest absolute Gasteiger partial charge is 0.223 e. The number of benzene rings is 1. The number of nitrogens with zero attached hydrogens (tertiary/aromatic N) is 5. The number of pyridine rings is 1. The number of hydrogen-bond donors (Lipinski definition) is 0. The van der Waals surface area contributed by atoms with Crippen molar-refractivity contribution in [3.8, 4) is 0 Å². The molecular weight excluding hydrogens is 366 g/mol. The number of aromatic nitrogens is 4. The topological polar surface area (TPSA) is 72.6 Å². The highest BCUT2D eigenvalue weighted by Crippen LogP contribution is 2.25. The van der Waals surface area contributed by atoms with E-state index in [9.17, 15) is 4.79 Å². The highest BCUT2D eigenvalue weighted by atomic mass is 16.5. The van der Waals surface area contributed by atoms with Crippen molar-refractivity contribution < 1.29 is 9.53 Å². The van der Waals surface area contributed by atoms with Crippen molar-refractivity contribution in [1.82, 2.24) is 24.9 Å². The normalized spacial score (nSPS) is 17.3. The highest BCUT2D eigenvalue weighted by molar-refractivity contribution is 5.84. The van der Waals surface area contributed by atoms with Crippen molar-refractivity contribution in [3.63, 3.8) is 0 Å². The Morgan fingerprint density at radius 2 is 2.14 bits per heavy atom. The molecule has 3 heterocycles. The van der Waals surface area contributed by atoms with Crippen molar-refractivity contribution in [3.05, 3.63) is 35.4 Å². The molecule has 7 heteroatoms. The average Bonchev–Trinajstić information content (AvgIpc) is 3.32. The second-order valence-electron chi connectivity index (χ2n) is 9.29. The lowest BCUT2D eigenvalue weighted by Crippen LogP contribution is -2.38. The Hall–Kier alpha value is -2.54. The third-order valence-electron chi connectivity index (χ3n) is 5.34. The predicted molar refractivity (Wildman–Crippen MR) is 111 cm³/mol. The van der Waals surface area contributed by atoms with Gasteiger partial charge in [0.25, 0.3) is 0 Å². The molecular formula is C22H29N5O2. The Balaban J connectivity index is 1.70. The summed E-state index contributed by atoms with van der Waals surface area (Å²) in [6.07, 6.45) is 2.65. The molecule has 0 radical (unpaired) electrons. The molecule has 1 aliphatic heterocycles. The summed E-state index contributed by atoms with van der Waals surface area (Å²) in [6, 6.07) is 8.35. The van der Waals surface area contributed by atoms with Gasteiger partial charge in [0.15, 0.2) is 5.65 Å². The summed E-state index contributed by atoms with van der Waals surface area (Å²) < 4.78 is 7.59. The van der Waals surface area contributed by atoms with E-state index in [0.717, 1.165) is 41.5 Å². The van der Waals surface area contributed by atoms with Gasteiger partial charge in [-0.05, 0) is 53.3 Å². The van der Waals surface area contributed by atoms with Gasteiger partial charge in [-0.2, -0.15) is 4.52 Å². The van der Waals surface area contributed by atoms with Gasteiger partial charge in [-0.15, -0.1) is 5.10 Å². The zero-order valence-electron chi connectivity index (χ0n) is 17.7. The molecule has 3 aromatic rings. The van der Waals surface area contributed by atoms with E-state index in [0.29, 0.717) is 25.2 Å². The first-order chi connectivity index (χ1) is 13.8. The molecule has 1 fully saturated rings. The lowest BCUT2D eigenvalue weighted by Gasteiger charge is -2.29. The van der Waals surface area contributed by atoms with E-state index >= 15 is 0 Å². The van der Waals surface area contributed by atoms with Gasteiger partial charge in [0.2, 0.25) is 5.91 Å². The van der Waals surface area contributed by atoms with Gasteiger partial charge in [-0.1, -0.05) is 32.9 Å². The molecule has 7 nitrogen and oxygen atoms in total. The number of rotatable bonds is 5. The van der Waals surface area contributed by atoms with E-state index in [-0.39, 0.29) is 17.4 Å². The summed E-state index contributed by atoms with van der Waals surface area (Å²) in [6.45, 7) is 10.2. The van der Waals surface area contributed by atoms with Crippen LogP contribution in [0.25, 0.3) is 16.6 Å². The summed E-state index contributed by atoms with van der Waals surface area (Å²) in [5.74, 6) is 0.141. The number of fused-ring (bicyclic) bond motifs is 3. The van der Waals surface area contributed by atoms with E-state index in [2.05, 4.69) is 67.5 Å². The lowest BCUT2D eigenvalue weighted by molar-refractivity contribution is -0.135. The predicted octanol–water partition coefficient (Wildman–Crippen LogP) is 3.53. The van der Waals surface area contributed by atoms with E-state index in [4.69, 9.17) is 4.74 Å². The minimum atomic E-state index is -0.0709. The van der Waals surface area contributed by atoms with Gasteiger partial charge in [-0.3, -0.25) is 4.79 Å². The number of carbonyl (C=O) groups excluding carboxylic acids is 1. The first kappa shape index (κ1) is 19.8. The zero-order valence-corrected chi connectivity index (χ0v) is 17.7. The van der Waals surface area contributed by atoms with Crippen LogP contribution in [-0.4, -0.2) is 50.1 Å². The van der Waals surface area contributed by atoms with Crippen LogP contribution in [0.4, 0.5) is 0 Å². The summed E-state index contributed by atoms with van der Waals surface area (Å²) in [7, 11) is 0. The molecule has 1 amide bonds. The minimum Gasteiger partial charge on any atom is -0.376 e. The maximum absolute atomic E-state index is 13.1. The lowest BCUT2D eigenvalue weighted by atomic mass is 9.91. The van der Waals surface area contributed by atoms with E-state index in [1.54, 1.807) is 4.52 Å². The summed E-state index contributed by atoms with van der Waals surface area (Å²) in [4.78, 5) is 15.1. The number of aryl methyl sites for hydroxylation is 1. The molecule has 4 rings (SSSR count). The van der Waals surface area contributed by atoms with Gasteiger partial charge in [0.1, 0.15) is 0 Å². The highest BCUT2D eigenvalue weighted by Gasteiger charge is 2.27. The molecule has 2 aromatic heterocycles. The van der Waals surface area contributed by atoms with Crippen LogP contribution < -0.4 is 0 Å². The molecule has 154 valence electrons. The fraction of sp³-hybridized carbons (Fsp3) is 0.545. The fourth-order valence-electron chi connectivity index (χ4n) is 3.94. The maximum atomic E-state index is 13.1. The van der Waals surface area contributed by atoms with Crippen LogP contribution >= 0.6 is 0 Å². The number of hydrogen-bond acceptors (Lipinski definition) is 5. The quantitative estimate of drug-likeness (QED) is 0.661. The van der Waals surface area contributed by atoms with E-state index < -0.39 is 0 Å². The maximum Gasteiger partial charge on any atom is 0.223 e. The zero-order chi connectivity index (χ0) is 20.6. The van der Waals surface area contributed by atoms with Crippen molar-refractivity contribution in [2.75, 3.05) is 13.2 Å². The molecule has 1 aromatic carbocycles. The summed E-state index contributed by atoms with van der Waals surface area (Å²) in [5.41, 5.74) is 3.71. The molecule has 0 spiro atoms. The van der Waals surface area contributed by atoms with Crippen LogP contribution in [0.3, 0.4) is 0 Å². The molecule has 0 bridgehead atoms. The van der Waals surface area contributed by atoms with Crippen molar-refractivity contribution in [1.29, 1.82) is 0 Å². The van der Waals surface area contributed by atoms with Gasteiger partial charge >= 0.3 is 0 Å². The third-order valence-corrected chi connectivity index (χ3v) is 5.34. The summed E-state index contributed by atoms with van der Waals surface area (Å²) in [5, 5.41) is 13.4. The molecule has 1 saturated heterocycles. The number of carbonyl (C=O) groups is 1. The monoisotopic (exact) mass is 395 g/mol. The molecule has 0 N–H and O–H groups in total. The number of ether oxygens (including phenoxy) is 1. The molecule has 0 saturated carbocycles. The van der Waals surface area contributed by atoms with Crippen LogP contribution in [0, 0.1) is 12.3 Å². The molecule has 1 aliphatic rings. The van der Waals surface area contributed by atoms with Gasteiger partial charge in [-0.25, -0.2) is 0 Å². The van der Waals surface area contributed by atoms with Crippen LogP contribution in [0.5, 0.6) is 0 Å². The van der Waals surface area contributed by atoms with Gasteiger partial charge < -0.3 is 9.64 Å². The first-order valence-electron chi connectivity index (χ1n) is 10.3. The largest absolute Gasteiger partial charge is 0.376 e. The first-order valence-corrected chi connectivity index (χ1v) is 10.3. The molecule has 1 unspecified atom stereocenters. The minimum absolute atomic E-state index is 0.0709. The molecule has 0 aliphatic carbocycles. The van der Waals surface area contributed by atoms with Crippen LogP contribution in [0.15, 0.2) is 24.3 Å². The van der Waals surface area contributed by atoms with Crippen LogP contribution in [0.1, 0.15) is 51.2 Å². The standard InChI is InChI=1S/C22H29N5O2/c1-15-7-8-16-11-17(21-23-24-25-27(21)19(16)10-15)13-26(14-18-6-5-9-29-18)20(28)12-22(2,3)4/h7-8,10-11,18H,5-6,9,12-14H2,1-4H3. The van der Waals surface area contributed by atoms with Crippen LogP contribution in [0.2, 0.25) is 0 Å². The second kappa shape index (κ2) is 7.71. The number of tetrazole rings is 1. The second-order valence-corrected chi connectivity index (χ2v) is 9.29. The fourth-order valence-corrected chi connectivity index (χ4v) is 3.94. The Kier molecular flexibility index (Phi) is 5.25. The van der Waals surface area contributed by atoms with Crippen molar-refractivity contribution in [2.24, 2.45) is 5.41 Å². The Labute approximate surface area is 171 Å². The average molecular weight is 396 g/mol. The molecule has 1 atom stereocenters. The Bertz CT molecular complexity index is 1030. The SMILES string of the molecule is Cc1ccc2cc(CN(CC3CCCO3)C(=O)CC(C)(C)C)c3nnnn3c2c1.